The molecule has 1 aromatic carbocycles. The summed E-state index contributed by atoms with van der Waals surface area (Å²) in [4.78, 5) is 18.6. The summed E-state index contributed by atoms with van der Waals surface area (Å²) in [6.07, 6.45) is 2.94. The van der Waals surface area contributed by atoms with Crippen molar-refractivity contribution in [1.29, 1.82) is 0 Å². The summed E-state index contributed by atoms with van der Waals surface area (Å²) in [5.74, 6) is 0.987. The third kappa shape index (κ3) is 4.80. The monoisotopic (exact) mass is 392 g/mol. The number of likely N-dealkylation sites (N-methyl/N-ethyl adjacent to an activating group) is 1. The Bertz CT molecular complexity index is 797. The lowest BCUT2D eigenvalue weighted by atomic mass is 10.1. The maximum Gasteiger partial charge on any atom is 0.317 e. The van der Waals surface area contributed by atoms with Gasteiger partial charge in [0.2, 0.25) is 0 Å². The maximum absolute atomic E-state index is 12.2. The lowest BCUT2D eigenvalue weighted by Crippen LogP contribution is -2.38. The molecule has 0 spiro atoms. The number of fused-ring (bicyclic) bond motifs is 1. The van der Waals surface area contributed by atoms with Crippen molar-refractivity contribution in [3.05, 3.63) is 57.2 Å². The van der Waals surface area contributed by atoms with Crippen molar-refractivity contribution >= 4 is 35.1 Å². The molecule has 1 aliphatic heterocycles. The fourth-order valence-electron chi connectivity index (χ4n) is 2.85. The number of carbonyl (C=O) groups excluding carboxylic acids is 1. The number of rotatable bonds is 5. The first-order valence-corrected chi connectivity index (χ1v) is 9.44. The Morgan fingerprint density at radius 3 is 2.92 bits per heavy atom. The molecular weight excluding hydrogens is 371 g/mol. The van der Waals surface area contributed by atoms with E-state index in [2.05, 4.69) is 21.7 Å². The molecule has 0 aliphatic carbocycles. The second-order valence-electron chi connectivity index (χ2n) is 6.42. The Balaban J connectivity index is 1.48. The van der Waals surface area contributed by atoms with Gasteiger partial charge in [-0.25, -0.2) is 9.78 Å². The van der Waals surface area contributed by atoms with Crippen molar-refractivity contribution in [3.8, 4) is 0 Å². The molecule has 0 saturated carbocycles. The molecule has 1 aromatic heterocycles. The number of benzene rings is 1. The van der Waals surface area contributed by atoms with Crippen LogP contribution in [0.25, 0.3) is 0 Å². The zero-order chi connectivity index (χ0) is 18.5. The van der Waals surface area contributed by atoms with Gasteiger partial charge in [0.15, 0.2) is 0 Å². The van der Waals surface area contributed by atoms with Gasteiger partial charge in [-0.05, 0) is 42.2 Å². The predicted molar refractivity (Wildman–Crippen MR) is 106 cm³/mol. The highest BCUT2D eigenvalue weighted by Crippen LogP contribution is 2.22. The molecule has 7 heteroatoms. The van der Waals surface area contributed by atoms with Gasteiger partial charge in [0.25, 0.3) is 0 Å². The van der Waals surface area contributed by atoms with Crippen molar-refractivity contribution in [2.75, 3.05) is 25.5 Å². The number of anilines is 1. The normalized spacial score (nSPS) is 12.9. The Morgan fingerprint density at radius 1 is 1.27 bits per heavy atom. The molecule has 2 amide bonds. The molecule has 0 fully saturated rings. The molecule has 3 rings (SSSR count). The molecule has 0 saturated heterocycles. The van der Waals surface area contributed by atoms with Crippen LogP contribution in [0.3, 0.4) is 0 Å². The van der Waals surface area contributed by atoms with Gasteiger partial charge in [0, 0.05) is 38.8 Å². The van der Waals surface area contributed by atoms with E-state index in [1.807, 2.05) is 12.1 Å². The molecule has 2 heterocycles. The van der Waals surface area contributed by atoms with Crippen molar-refractivity contribution in [1.82, 2.24) is 15.2 Å². The number of amides is 2. The summed E-state index contributed by atoms with van der Waals surface area (Å²) in [5.41, 5.74) is 3.17. The lowest BCUT2D eigenvalue weighted by molar-refractivity contribution is 0.209. The number of pyridine rings is 1. The summed E-state index contributed by atoms with van der Waals surface area (Å²) in [6, 6.07) is 9.38. The second kappa shape index (κ2) is 8.60. The van der Waals surface area contributed by atoms with E-state index in [-0.39, 0.29) is 6.03 Å². The molecule has 26 heavy (non-hydrogen) atoms. The molecule has 2 aromatic rings. The Morgan fingerprint density at radius 2 is 2.12 bits per heavy atom. The summed E-state index contributed by atoms with van der Waals surface area (Å²) < 4.78 is 0. The molecule has 1 aliphatic rings. The van der Waals surface area contributed by atoms with E-state index < -0.39 is 0 Å². The minimum atomic E-state index is -0.132. The highest BCUT2D eigenvalue weighted by Gasteiger charge is 2.12. The lowest BCUT2D eigenvalue weighted by Gasteiger charge is -2.20. The topological polar surface area (TPSA) is 57.3 Å². The highest BCUT2D eigenvalue weighted by molar-refractivity contribution is 6.42. The molecule has 0 radical (unpaired) electrons. The van der Waals surface area contributed by atoms with Crippen LogP contribution in [-0.4, -0.2) is 36.1 Å². The molecule has 5 nitrogen and oxygen atoms in total. The van der Waals surface area contributed by atoms with Crippen LogP contribution in [0.2, 0.25) is 10.0 Å². The number of urea groups is 1. The standard InChI is InChI=1S/C19H22Cl2N4O/c1-25(19(26)23-12-13-4-7-16(20)17(21)11-13)10-8-15-6-5-14-3-2-9-22-18(14)24-15/h4-7,11H,2-3,8-10,12H2,1H3,(H,22,24)(H,23,26). The van der Waals surface area contributed by atoms with Crippen molar-refractivity contribution in [2.45, 2.75) is 25.8 Å². The van der Waals surface area contributed by atoms with E-state index in [9.17, 15) is 4.79 Å². The number of nitrogens with one attached hydrogen (secondary N) is 2. The van der Waals surface area contributed by atoms with Gasteiger partial charge in [0.1, 0.15) is 5.82 Å². The Hall–Kier alpha value is -1.98. The number of halogens is 2. The molecule has 2 N–H and O–H groups in total. The first-order chi connectivity index (χ1) is 12.5. The largest absolute Gasteiger partial charge is 0.370 e. The van der Waals surface area contributed by atoms with Gasteiger partial charge in [-0.2, -0.15) is 0 Å². The van der Waals surface area contributed by atoms with E-state index in [1.165, 1.54) is 5.56 Å². The van der Waals surface area contributed by atoms with Gasteiger partial charge in [0.05, 0.1) is 10.0 Å². The van der Waals surface area contributed by atoms with Crippen LogP contribution in [0.1, 0.15) is 23.2 Å². The number of aryl methyl sites for hydroxylation is 1. The van der Waals surface area contributed by atoms with Crippen LogP contribution in [0, 0.1) is 0 Å². The van der Waals surface area contributed by atoms with Gasteiger partial charge in [-0.1, -0.05) is 35.3 Å². The predicted octanol–water partition coefficient (Wildman–Crippen LogP) is 4.13. The second-order valence-corrected chi connectivity index (χ2v) is 7.23. The first kappa shape index (κ1) is 18.8. The van der Waals surface area contributed by atoms with Crippen LogP contribution < -0.4 is 10.6 Å². The zero-order valence-electron chi connectivity index (χ0n) is 14.7. The maximum atomic E-state index is 12.2. The Kier molecular flexibility index (Phi) is 6.22. The van der Waals surface area contributed by atoms with Gasteiger partial charge in [-0.3, -0.25) is 0 Å². The van der Waals surface area contributed by atoms with Crippen molar-refractivity contribution < 1.29 is 4.79 Å². The fraction of sp³-hybridized carbons (Fsp3) is 0.368. The van der Waals surface area contributed by atoms with Gasteiger partial charge < -0.3 is 15.5 Å². The smallest absolute Gasteiger partial charge is 0.317 e. The van der Waals surface area contributed by atoms with E-state index >= 15 is 0 Å². The molecule has 0 bridgehead atoms. The average molecular weight is 393 g/mol. The van der Waals surface area contributed by atoms with E-state index in [4.69, 9.17) is 23.2 Å². The van der Waals surface area contributed by atoms with E-state index in [1.54, 1.807) is 24.1 Å². The van der Waals surface area contributed by atoms with E-state index in [0.717, 1.165) is 36.5 Å². The average Bonchev–Trinajstić information content (AvgIpc) is 2.66. The number of nitrogens with zero attached hydrogens (tertiary/aromatic N) is 2. The van der Waals surface area contributed by atoms with Crippen molar-refractivity contribution in [2.24, 2.45) is 0 Å². The van der Waals surface area contributed by atoms with Gasteiger partial charge >= 0.3 is 6.03 Å². The molecule has 0 atom stereocenters. The number of aromatic nitrogens is 1. The van der Waals surface area contributed by atoms with Crippen LogP contribution in [-0.2, 0) is 19.4 Å². The SMILES string of the molecule is CN(CCc1ccc2c(n1)NCCC2)C(=O)NCc1ccc(Cl)c(Cl)c1. The summed E-state index contributed by atoms with van der Waals surface area (Å²) >= 11 is 11.9. The highest BCUT2D eigenvalue weighted by atomic mass is 35.5. The summed E-state index contributed by atoms with van der Waals surface area (Å²) in [7, 11) is 1.78. The zero-order valence-corrected chi connectivity index (χ0v) is 16.2. The van der Waals surface area contributed by atoms with Crippen molar-refractivity contribution in [3.63, 3.8) is 0 Å². The quantitative estimate of drug-likeness (QED) is 0.803. The molecule has 138 valence electrons. The van der Waals surface area contributed by atoms with Crippen LogP contribution in [0.15, 0.2) is 30.3 Å². The van der Waals surface area contributed by atoms with Crippen LogP contribution in [0.5, 0.6) is 0 Å². The third-order valence-electron chi connectivity index (χ3n) is 4.43. The first-order valence-electron chi connectivity index (χ1n) is 8.68. The van der Waals surface area contributed by atoms with Gasteiger partial charge in [-0.15, -0.1) is 0 Å². The molecule has 0 unspecified atom stereocenters. The number of hydrogen-bond donors (Lipinski definition) is 2. The number of hydrogen-bond acceptors (Lipinski definition) is 3. The Labute approximate surface area is 163 Å². The van der Waals surface area contributed by atoms with Crippen LogP contribution in [0.4, 0.5) is 10.6 Å². The van der Waals surface area contributed by atoms with Crippen LogP contribution >= 0.6 is 23.2 Å². The minimum absolute atomic E-state index is 0.132. The third-order valence-corrected chi connectivity index (χ3v) is 5.17. The molecular formula is C19H22Cl2N4O. The summed E-state index contributed by atoms with van der Waals surface area (Å²) in [5, 5.41) is 7.21. The number of carbonyl (C=O) groups is 1. The van der Waals surface area contributed by atoms with E-state index in [0.29, 0.717) is 29.6 Å². The minimum Gasteiger partial charge on any atom is -0.370 e. The summed E-state index contributed by atoms with van der Waals surface area (Å²) in [6.45, 7) is 1.97. The fourth-order valence-corrected chi connectivity index (χ4v) is 3.17.